The summed E-state index contributed by atoms with van der Waals surface area (Å²) in [6.45, 7) is 0. The van der Waals surface area contributed by atoms with Crippen molar-refractivity contribution in [3.63, 3.8) is 0 Å². The van der Waals surface area contributed by atoms with Crippen molar-refractivity contribution in [3.8, 4) is 22.3 Å². The van der Waals surface area contributed by atoms with E-state index >= 15 is 0 Å². The first-order valence-electron chi connectivity index (χ1n) is 16.8. The van der Waals surface area contributed by atoms with Crippen LogP contribution >= 0.6 is 0 Å². The molecule has 1 aliphatic rings. The van der Waals surface area contributed by atoms with Crippen molar-refractivity contribution < 1.29 is 8.83 Å². The summed E-state index contributed by atoms with van der Waals surface area (Å²) in [5.74, 6) is 1.42. The highest BCUT2D eigenvalue weighted by Gasteiger charge is 2.26. The fraction of sp³-hybridized carbons (Fsp3) is 0.0222. The zero-order chi connectivity index (χ0) is 33.0. The summed E-state index contributed by atoms with van der Waals surface area (Å²) in [5, 5.41) is 7.86. The summed E-state index contributed by atoms with van der Waals surface area (Å²) in [5.41, 5.74) is 10.5. The molecule has 5 heteroatoms. The van der Waals surface area contributed by atoms with Crippen molar-refractivity contribution in [2.75, 3.05) is 0 Å². The molecule has 0 spiro atoms. The SMILES string of the molecule is c1ccc(C2=NC(c3ccccc3)NC(c3ccc(-c4ccccc4)c4oc5c(-c6cccc7oc8ccccc8c67)cccc5c34)=N2)cc1. The monoisotopic (exact) mass is 643 g/mol. The molecule has 0 fully saturated rings. The molecule has 0 aliphatic carbocycles. The normalized spacial score (nSPS) is 14.6. The van der Waals surface area contributed by atoms with Crippen molar-refractivity contribution in [2.24, 2.45) is 9.98 Å². The summed E-state index contributed by atoms with van der Waals surface area (Å²) >= 11 is 0. The van der Waals surface area contributed by atoms with Crippen LogP contribution in [0.4, 0.5) is 0 Å². The standard InChI is InChI=1S/C45H29N3O2/c1-4-14-28(15-5-1)31-26-27-36(45-47-43(29-16-6-2-7-17-29)46-44(48-45)30-18-8-3-9-19-30)40-35-23-12-22-33(41(35)50-42(31)40)32-21-13-25-38-39(32)34-20-10-11-24-37(34)49-38/h1-27,43H,(H,46,47,48). The number of nitrogens with zero attached hydrogens (tertiary/aromatic N) is 2. The van der Waals surface area contributed by atoms with Gasteiger partial charge in [-0.05, 0) is 41.0 Å². The lowest BCUT2D eigenvalue weighted by molar-refractivity contribution is 0.668. The van der Waals surface area contributed by atoms with Crippen LogP contribution in [0.25, 0.3) is 66.1 Å². The van der Waals surface area contributed by atoms with Gasteiger partial charge in [-0.15, -0.1) is 0 Å². The summed E-state index contributed by atoms with van der Waals surface area (Å²) < 4.78 is 13.4. The predicted molar refractivity (Wildman–Crippen MR) is 204 cm³/mol. The van der Waals surface area contributed by atoms with Gasteiger partial charge >= 0.3 is 0 Å². The molecule has 0 amide bonds. The van der Waals surface area contributed by atoms with Gasteiger partial charge in [0.25, 0.3) is 0 Å². The third-order valence-electron chi connectivity index (χ3n) is 9.57. The van der Waals surface area contributed by atoms with Gasteiger partial charge in [0.05, 0.1) is 0 Å². The number of para-hydroxylation sites is 2. The lowest BCUT2D eigenvalue weighted by atomic mass is 9.95. The zero-order valence-electron chi connectivity index (χ0n) is 26.9. The number of rotatable bonds is 5. The molecule has 1 unspecified atom stereocenters. The van der Waals surface area contributed by atoms with Gasteiger partial charge in [-0.3, -0.25) is 0 Å². The summed E-state index contributed by atoms with van der Waals surface area (Å²) in [6.07, 6.45) is -0.316. The van der Waals surface area contributed by atoms with Crippen LogP contribution in [0, 0.1) is 0 Å². The Kier molecular flexibility index (Phi) is 6.49. The number of nitrogens with one attached hydrogen (secondary N) is 1. The second-order valence-electron chi connectivity index (χ2n) is 12.5. The molecule has 3 heterocycles. The van der Waals surface area contributed by atoms with Crippen LogP contribution in [-0.4, -0.2) is 11.7 Å². The highest BCUT2D eigenvalue weighted by Crippen LogP contribution is 2.44. The number of amidine groups is 2. The van der Waals surface area contributed by atoms with Crippen molar-refractivity contribution in [1.29, 1.82) is 0 Å². The molecule has 1 N–H and O–H groups in total. The summed E-state index contributed by atoms with van der Waals surface area (Å²) in [4.78, 5) is 10.3. The van der Waals surface area contributed by atoms with E-state index in [0.29, 0.717) is 5.84 Å². The Bertz CT molecular complexity index is 2780. The number of aliphatic imine (C=N–C) groups is 2. The van der Waals surface area contributed by atoms with Gasteiger partial charge in [-0.25, -0.2) is 9.98 Å². The Morgan fingerprint density at radius 2 is 1.08 bits per heavy atom. The molecule has 1 aliphatic heterocycles. The Labute approximate surface area is 287 Å². The van der Waals surface area contributed by atoms with Gasteiger partial charge < -0.3 is 14.2 Å². The van der Waals surface area contributed by atoms with Gasteiger partial charge in [0, 0.05) is 43.8 Å². The van der Waals surface area contributed by atoms with E-state index < -0.39 is 0 Å². The topological polar surface area (TPSA) is 63.0 Å². The van der Waals surface area contributed by atoms with E-state index in [-0.39, 0.29) is 6.17 Å². The minimum absolute atomic E-state index is 0.316. The molecule has 9 aromatic rings. The Balaban J connectivity index is 1.25. The molecule has 0 radical (unpaired) electrons. The van der Waals surface area contributed by atoms with Gasteiger partial charge in [0.15, 0.2) is 5.84 Å². The fourth-order valence-corrected chi connectivity index (χ4v) is 7.26. The van der Waals surface area contributed by atoms with Crippen molar-refractivity contribution in [3.05, 3.63) is 180 Å². The van der Waals surface area contributed by atoms with Crippen molar-refractivity contribution >= 4 is 55.5 Å². The highest BCUT2D eigenvalue weighted by atomic mass is 16.3. The van der Waals surface area contributed by atoms with Gasteiger partial charge in [0.1, 0.15) is 34.3 Å². The molecule has 0 saturated heterocycles. The quantitative estimate of drug-likeness (QED) is 0.203. The lowest BCUT2D eigenvalue weighted by Gasteiger charge is -2.24. The first-order valence-corrected chi connectivity index (χ1v) is 16.8. The molecule has 2 aromatic heterocycles. The molecule has 7 aromatic carbocycles. The predicted octanol–water partition coefficient (Wildman–Crippen LogP) is 11.3. The zero-order valence-corrected chi connectivity index (χ0v) is 26.9. The Morgan fingerprint density at radius 1 is 0.440 bits per heavy atom. The first kappa shape index (κ1) is 28.3. The van der Waals surface area contributed by atoms with E-state index in [1.165, 1.54) is 0 Å². The highest BCUT2D eigenvalue weighted by molar-refractivity contribution is 6.25. The number of furan rings is 2. The number of fused-ring (bicyclic) bond motifs is 6. The Hall–Kier alpha value is -6.72. The van der Waals surface area contributed by atoms with E-state index in [2.05, 4.69) is 108 Å². The number of hydrogen-bond donors (Lipinski definition) is 1. The van der Waals surface area contributed by atoms with Gasteiger partial charge in [0.2, 0.25) is 0 Å². The molecule has 0 saturated carbocycles. The minimum atomic E-state index is -0.316. The van der Waals surface area contributed by atoms with E-state index in [4.69, 9.17) is 18.8 Å². The van der Waals surface area contributed by atoms with E-state index in [0.717, 1.165) is 88.7 Å². The third-order valence-corrected chi connectivity index (χ3v) is 9.57. The molecule has 50 heavy (non-hydrogen) atoms. The number of benzene rings is 7. The van der Waals surface area contributed by atoms with Gasteiger partial charge in [-0.2, -0.15) is 0 Å². The maximum absolute atomic E-state index is 7.07. The maximum Gasteiger partial charge on any atom is 0.159 e. The second kappa shape index (κ2) is 11.5. The van der Waals surface area contributed by atoms with E-state index in [1.54, 1.807) is 0 Å². The lowest BCUT2D eigenvalue weighted by Crippen LogP contribution is -2.33. The Morgan fingerprint density at radius 3 is 1.90 bits per heavy atom. The fourth-order valence-electron chi connectivity index (χ4n) is 7.26. The number of hydrogen-bond acceptors (Lipinski definition) is 5. The molecule has 0 bridgehead atoms. The van der Waals surface area contributed by atoms with Crippen molar-refractivity contribution in [2.45, 2.75) is 6.17 Å². The first-order chi connectivity index (χ1) is 24.8. The summed E-state index contributed by atoms with van der Waals surface area (Å²) in [7, 11) is 0. The molecular formula is C45H29N3O2. The average molecular weight is 644 g/mol. The van der Waals surface area contributed by atoms with Crippen LogP contribution in [0.3, 0.4) is 0 Å². The van der Waals surface area contributed by atoms with Crippen LogP contribution in [0.2, 0.25) is 0 Å². The van der Waals surface area contributed by atoms with Crippen LogP contribution in [0.15, 0.2) is 183 Å². The van der Waals surface area contributed by atoms with Crippen LogP contribution < -0.4 is 5.32 Å². The summed E-state index contributed by atoms with van der Waals surface area (Å²) in [6, 6.07) is 56.1. The molecule has 10 rings (SSSR count). The van der Waals surface area contributed by atoms with Crippen molar-refractivity contribution in [1.82, 2.24) is 5.32 Å². The minimum Gasteiger partial charge on any atom is -0.456 e. The van der Waals surface area contributed by atoms with Crippen LogP contribution in [-0.2, 0) is 0 Å². The second-order valence-corrected chi connectivity index (χ2v) is 12.5. The van der Waals surface area contributed by atoms with Crippen LogP contribution in [0.1, 0.15) is 22.9 Å². The van der Waals surface area contributed by atoms with Gasteiger partial charge in [-0.1, -0.05) is 140 Å². The molecule has 5 nitrogen and oxygen atoms in total. The molecular weight excluding hydrogens is 615 g/mol. The molecule has 1 atom stereocenters. The molecule has 236 valence electrons. The van der Waals surface area contributed by atoms with E-state index in [1.807, 2.05) is 60.7 Å². The average Bonchev–Trinajstić information content (AvgIpc) is 3.78. The third kappa shape index (κ3) is 4.55. The van der Waals surface area contributed by atoms with Crippen LogP contribution in [0.5, 0.6) is 0 Å². The maximum atomic E-state index is 7.07. The smallest absolute Gasteiger partial charge is 0.159 e. The van der Waals surface area contributed by atoms with E-state index in [9.17, 15) is 0 Å². The largest absolute Gasteiger partial charge is 0.456 e.